The molecule has 0 aliphatic rings. The maximum absolute atomic E-state index is 12.2. The number of carbonyl (C=O) groups is 1. The van der Waals surface area contributed by atoms with Gasteiger partial charge in [-0.05, 0) is 31.5 Å². The zero-order valence-electron chi connectivity index (χ0n) is 14.2. The van der Waals surface area contributed by atoms with E-state index in [1.165, 1.54) is 17.4 Å². The van der Waals surface area contributed by atoms with Crippen LogP contribution in [-0.4, -0.2) is 21.8 Å². The largest absolute Gasteiger partial charge is 0.379 e. The van der Waals surface area contributed by atoms with Crippen LogP contribution in [0.2, 0.25) is 0 Å². The zero-order chi connectivity index (χ0) is 17.8. The number of anilines is 1. The highest BCUT2D eigenvalue weighted by Crippen LogP contribution is 2.14. The molecule has 0 unspecified atom stereocenters. The summed E-state index contributed by atoms with van der Waals surface area (Å²) in [7, 11) is 0. The lowest BCUT2D eigenvalue weighted by Gasteiger charge is -2.09. The van der Waals surface area contributed by atoms with Crippen molar-refractivity contribution in [2.24, 2.45) is 0 Å². The van der Waals surface area contributed by atoms with Crippen LogP contribution in [0.25, 0.3) is 4.96 Å². The number of nitrogens with zero attached hydrogens (tertiary/aromatic N) is 2. The number of hydrogen-bond acceptors (Lipinski definition) is 5. The third kappa shape index (κ3) is 3.88. The number of thiazole rings is 1. The van der Waals surface area contributed by atoms with E-state index in [2.05, 4.69) is 15.6 Å². The second-order valence-corrected chi connectivity index (χ2v) is 6.61. The van der Waals surface area contributed by atoms with Gasteiger partial charge in [0.1, 0.15) is 0 Å². The number of aryl methyl sites for hydroxylation is 1. The topological polar surface area (TPSA) is 75.5 Å². The van der Waals surface area contributed by atoms with Crippen molar-refractivity contribution in [3.63, 3.8) is 0 Å². The first-order chi connectivity index (χ1) is 12.1. The lowest BCUT2D eigenvalue weighted by Crippen LogP contribution is -2.24. The van der Waals surface area contributed by atoms with Crippen molar-refractivity contribution < 1.29 is 4.79 Å². The Morgan fingerprint density at radius 1 is 1.32 bits per heavy atom. The molecule has 2 N–H and O–H groups in total. The molecule has 0 saturated heterocycles. The Hall–Kier alpha value is -2.67. The second kappa shape index (κ2) is 7.48. The lowest BCUT2D eigenvalue weighted by molar-refractivity contribution is 0.0953. The summed E-state index contributed by atoms with van der Waals surface area (Å²) in [5.74, 6) is -0.0858. The van der Waals surface area contributed by atoms with Gasteiger partial charge >= 0.3 is 0 Å². The number of carbonyl (C=O) groups excluding carboxylic acids is 1. The molecule has 1 aromatic carbocycles. The predicted octanol–water partition coefficient (Wildman–Crippen LogP) is 2.82. The number of hydrogen-bond donors (Lipinski definition) is 2. The molecule has 25 heavy (non-hydrogen) atoms. The van der Waals surface area contributed by atoms with Crippen LogP contribution in [0, 0.1) is 6.92 Å². The van der Waals surface area contributed by atoms with E-state index >= 15 is 0 Å². The summed E-state index contributed by atoms with van der Waals surface area (Å²) in [6.07, 6.45) is 0.898. The van der Waals surface area contributed by atoms with Crippen molar-refractivity contribution in [1.82, 2.24) is 14.7 Å². The number of rotatable bonds is 6. The molecule has 2 heterocycles. The first-order valence-electron chi connectivity index (χ1n) is 8.17. The normalized spacial score (nSPS) is 10.8. The Morgan fingerprint density at radius 2 is 2.16 bits per heavy atom. The first-order valence-corrected chi connectivity index (χ1v) is 9.05. The van der Waals surface area contributed by atoms with Gasteiger partial charge in [-0.15, -0.1) is 11.3 Å². The van der Waals surface area contributed by atoms with Gasteiger partial charge in [-0.25, -0.2) is 4.98 Å². The van der Waals surface area contributed by atoms with Crippen molar-refractivity contribution in [3.8, 4) is 0 Å². The highest BCUT2D eigenvalue weighted by molar-refractivity contribution is 7.15. The van der Waals surface area contributed by atoms with Gasteiger partial charge in [0, 0.05) is 34.9 Å². The maximum atomic E-state index is 12.2. The molecule has 3 aromatic rings. The van der Waals surface area contributed by atoms with Gasteiger partial charge in [0.2, 0.25) is 0 Å². The minimum atomic E-state index is -0.0858. The van der Waals surface area contributed by atoms with E-state index in [-0.39, 0.29) is 11.5 Å². The summed E-state index contributed by atoms with van der Waals surface area (Å²) in [4.78, 5) is 29.4. The van der Waals surface area contributed by atoms with E-state index < -0.39 is 0 Å². The average Bonchev–Trinajstić information content (AvgIpc) is 2.99. The van der Waals surface area contributed by atoms with Crippen molar-refractivity contribution in [3.05, 3.63) is 63.0 Å². The summed E-state index contributed by atoms with van der Waals surface area (Å²) in [5, 5.41) is 8.00. The number of aromatic nitrogens is 2. The standard InChI is InChI=1S/C18H20N4O2S/c1-3-7-19-17(24)13-5-4-6-14(8-13)20-10-15-9-16(23)22-12(2)11-25-18(22)21-15/h4-6,8-9,11,20H,3,7,10H2,1-2H3,(H,19,24). The molecule has 1 amide bonds. The number of amides is 1. The Labute approximate surface area is 149 Å². The van der Waals surface area contributed by atoms with Crippen LogP contribution in [0.15, 0.2) is 40.5 Å². The average molecular weight is 356 g/mol. The molecule has 7 heteroatoms. The van der Waals surface area contributed by atoms with Gasteiger partial charge in [0.25, 0.3) is 11.5 Å². The molecule has 6 nitrogen and oxygen atoms in total. The first kappa shape index (κ1) is 17.2. The van der Waals surface area contributed by atoms with Crippen LogP contribution >= 0.6 is 11.3 Å². The quantitative estimate of drug-likeness (QED) is 0.712. The smallest absolute Gasteiger partial charge is 0.259 e. The molecule has 0 bridgehead atoms. The molecule has 0 radical (unpaired) electrons. The van der Waals surface area contributed by atoms with Crippen molar-refractivity contribution in [2.75, 3.05) is 11.9 Å². The molecular formula is C18H20N4O2S. The third-order valence-corrected chi connectivity index (χ3v) is 4.71. The monoisotopic (exact) mass is 356 g/mol. The van der Waals surface area contributed by atoms with Crippen LogP contribution < -0.4 is 16.2 Å². The number of fused-ring (bicyclic) bond motifs is 1. The van der Waals surface area contributed by atoms with E-state index in [4.69, 9.17) is 0 Å². The van der Waals surface area contributed by atoms with Crippen LogP contribution in [0.1, 0.15) is 35.1 Å². The summed E-state index contributed by atoms with van der Waals surface area (Å²) in [6, 6.07) is 8.83. The lowest BCUT2D eigenvalue weighted by atomic mass is 10.2. The van der Waals surface area contributed by atoms with Gasteiger partial charge in [-0.1, -0.05) is 13.0 Å². The van der Waals surface area contributed by atoms with Crippen LogP contribution in [0.4, 0.5) is 5.69 Å². The predicted molar refractivity (Wildman–Crippen MR) is 100 cm³/mol. The Balaban J connectivity index is 1.73. The van der Waals surface area contributed by atoms with Crippen LogP contribution in [0.5, 0.6) is 0 Å². The molecule has 0 spiro atoms. The van der Waals surface area contributed by atoms with Gasteiger partial charge in [0.15, 0.2) is 4.96 Å². The van der Waals surface area contributed by atoms with E-state index in [0.29, 0.717) is 29.3 Å². The number of benzene rings is 1. The van der Waals surface area contributed by atoms with Crippen LogP contribution in [0.3, 0.4) is 0 Å². The molecular weight excluding hydrogens is 336 g/mol. The number of nitrogens with one attached hydrogen (secondary N) is 2. The molecule has 0 atom stereocenters. The SMILES string of the molecule is CCCNC(=O)c1cccc(NCc2cc(=O)n3c(C)csc3n2)c1. The molecule has 130 valence electrons. The minimum Gasteiger partial charge on any atom is -0.379 e. The summed E-state index contributed by atoms with van der Waals surface area (Å²) >= 11 is 1.45. The van der Waals surface area contributed by atoms with Gasteiger partial charge < -0.3 is 10.6 Å². The fourth-order valence-corrected chi connectivity index (χ4v) is 3.39. The van der Waals surface area contributed by atoms with Crippen molar-refractivity contribution in [2.45, 2.75) is 26.8 Å². The highest BCUT2D eigenvalue weighted by atomic mass is 32.1. The molecule has 0 saturated carbocycles. The molecule has 0 aliphatic heterocycles. The molecule has 0 aliphatic carbocycles. The Morgan fingerprint density at radius 3 is 2.96 bits per heavy atom. The van der Waals surface area contributed by atoms with Crippen LogP contribution in [-0.2, 0) is 6.54 Å². The fraction of sp³-hybridized carbons (Fsp3) is 0.278. The van der Waals surface area contributed by atoms with Gasteiger partial charge in [-0.3, -0.25) is 14.0 Å². The fourth-order valence-electron chi connectivity index (χ4n) is 2.50. The third-order valence-electron chi connectivity index (χ3n) is 3.76. The van der Waals surface area contributed by atoms with E-state index in [1.54, 1.807) is 16.5 Å². The van der Waals surface area contributed by atoms with Crippen molar-refractivity contribution in [1.29, 1.82) is 0 Å². The molecule has 2 aromatic heterocycles. The summed E-state index contributed by atoms with van der Waals surface area (Å²) in [5.41, 5.74) is 2.91. The highest BCUT2D eigenvalue weighted by Gasteiger charge is 2.08. The summed E-state index contributed by atoms with van der Waals surface area (Å²) in [6.45, 7) is 4.98. The summed E-state index contributed by atoms with van der Waals surface area (Å²) < 4.78 is 1.60. The Bertz CT molecular complexity index is 961. The van der Waals surface area contributed by atoms with E-state index in [1.807, 2.05) is 31.4 Å². The second-order valence-electron chi connectivity index (χ2n) is 5.77. The zero-order valence-corrected chi connectivity index (χ0v) is 15.0. The van der Waals surface area contributed by atoms with Crippen molar-refractivity contribution >= 4 is 27.9 Å². The minimum absolute atomic E-state index is 0.0757. The van der Waals surface area contributed by atoms with E-state index in [0.717, 1.165) is 17.8 Å². The Kier molecular flexibility index (Phi) is 5.14. The molecule has 0 fully saturated rings. The maximum Gasteiger partial charge on any atom is 0.259 e. The van der Waals surface area contributed by atoms with Gasteiger partial charge in [-0.2, -0.15) is 0 Å². The van der Waals surface area contributed by atoms with Gasteiger partial charge in [0.05, 0.1) is 12.2 Å². The molecule has 3 rings (SSSR count). The van der Waals surface area contributed by atoms with E-state index in [9.17, 15) is 9.59 Å².